The maximum Gasteiger partial charge on any atom is 0.269 e. The smallest absolute Gasteiger partial charge is 0.258 e. The first-order valence-corrected chi connectivity index (χ1v) is 4.31. The lowest BCUT2D eigenvalue weighted by Crippen LogP contribution is -1.94. The van der Waals surface area contributed by atoms with E-state index >= 15 is 0 Å². The summed E-state index contributed by atoms with van der Waals surface area (Å²) in [5.41, 5.74) is 0.827. The highest BCUT2D eigenvalue weighted by atomic mass is 35.5. The Bertz CT molecular complexity index is 301. The molecule has 0 bridgehead atoms. The summed E-state index contributed by atoms with van der Waals surface area (Å²) in [5, 5.41) is 10.3. The van der Waals surface area contributed by atoms with Gasteiger partial charge in [0.25, 0.3) is 5.69 Å². The summed E-state index contributed by atoms with van der Waals surface area (Å²) in [6, 6.07) is 5.94. The Morgan fingerprint density at radius 2 is 1.93 bits per heavy atom. The van der Waals surface area contributed by atoms with Crippen LogP contribution in [-0.2, 0) is 16.4 Å². The zero-order valence-electron chi connectivity index (χ0n) is 7.18. The van der Waals surface area contributed by atoms with E-state index in [0.29, 0.717) is 0 Å². The van der Waals surface area contributed by atoms with E-state index < -0.39 is 4.92 Å². The largest absolute Gasteiger partial charge is 0.269 e. The van der Waals surface area contributed by atoms with E-state index in [9.17, 15) is 10.1 Å². The standard InChI is InChI=1S/C8H8ClNO4/c9-6-14-13-5-7-1-3-8(4-2-7)10(11)12/h1-4H,5-6H2. The van der Waals surface area contributed by atoms with Crippen LogP contribution in [0.15, 0.2) is 24.3 Å². The van der Waals surface area contributed by atoms with E-state index in [0.717, 1.165) is 5.56 Å². The quantitative estimate of drug-likeness (QED) is 0.250. The Balaban J connectivity index is 2.51. The van der Waals surface area contributed by atoms with Gasteiger partial charge in [0.2, 0.25) is 0 Å². The molecule has 0 aliphatic heterocycles. The Labute approximate surface area is 85.3 Å². The van der Waals surface area contributed by atoms with Crippen LogP contribution >= 0.6 is 11.6 Å². The number of non-ortho nitro benzene ring substituents is 1. The van der Waals surface area contributed by atoms with Gasteiger partial charge in [0.05, 0.1) is 4.92 Å². The van der Waals surface area contributed by atoms with E-state index in [2.05, 4.69) is 9.78 Å². The summed E-state index contributed by atoms with van der Waals surface area (Å²) in [6.45, 7) is 0.213. The number of rotatable bonds is 5. The van der Waals surface area contributed by atoms with Gasteiger partial charge in [-0.25, -0.2) is 9.78 Å². The Morgan fingerprint density at radius 1 is 1.29 bits per heavy atom. The third-order valence-corrected chi connectivity index (χ3v) is 1.59. The van der Waals surface area contributed by atoms with Gasteiger partial charge in [-0.2, -0.15) is 0 Å². The van der Waals surface area contributed by atoms with Crippen molar-refractivity contribution in [3.05, 3.63) is 39.9 Å². The maximum absolute atomic E-state index is 10.3. The van der Waals surface area contributed by atoms with Crippen LogP contribution in [0.1, 0.15) is 5.56 Å². The van der Waals surface area contributed by atoms with Crippen molar-refractivity contribution >= 4 is 17.3 Å². The summed E-state index contributed by atoms with van der Waals surface area (Å²) in [4.78, 5) is 19.0. The topological polar surface area (TPSA) is 61.6 Å². The molecule has 0 aliphatic rings. The first-order chi connectivity index (χ1) is 6.74. The highest BCUT2D eigenvalue weighted by Gasteiger charge is 2.03. The molecule has 0 spiro atoms. The minimum Gasteiger partial charge on any atom is -0.258 e. The Hall–Kier alpha value is -1.17. The fourth-order valence-corrected chi connectivity index (χ4v) is 0.918. The molecular weight excluding hydrogens is 210 g/mol. The molecule has 0 N–H and O–H groups in total. The molecule has 0 amide bonds. The highest BCUT2D eigenvalue weighted by Crippen LogP contribution is 2.12. The minimum atomic E-state index is -0.458. The molecule has 0 aliphatic carbocycles. The molecule has 6 heteroatoms. The molecule has 0 atom stereocenters. The van der Waals surface area contributed by atoms with Crippen LogP contribution < -0.4 is 0 Å². The van der Waals surface area contributed by atoms with Crippen LogP contribution in [0.4, 0.5) is 5.69 Å². The molecule has 0 saturated carbocycles. The summed E-state index contributed by atoms with van der Waals surface area (Å²) in [6.07, 6.45) is 0. The lowest BCUT2D eigenvalue weighted by molar-refractivity contribution is -0.384. The monoisotopic (exact) mass is 217 g/mol. The number of hydrogen-bond acceptors (Lipinski definition) is 4. The Morgan fingerprint density at radius 3 is 2.43 bits per heavy atom. The Kier molecular flexibility index (Phi) is 4.31. The average molecular weight is 218 g/mol. The fourth-order valence-electron chi connectivity index (χ4n) is 0.855. The molecule has 0 radical (unpaired) electrons. The normalized spacial score (nSPS) is 10.1. The van der Waals surface area contributed by atoms with Gasteiger partial charge in [0.15, 0.2) is 6.07 Å². The van der Waals surface area contributed by atoms with Crippen LogP contribution in [-0.4, -0.2) is 11.0 Å². The number of benzene rings is 1. The van der Waals surface area contributed by atoms with Gasteiger partial charge in [0.1, 0.15) is 6.61 Å². The number of nitro benzene ring substituents is 1. The van der Waals surface area contributed by atoms with Crippen molar-refractivity contribution < 1.29 is 14.7 Å². The van der Waals surface area contributed by atoms with Crippen LogP contribution in [0.25, 0.3) is 0 Å². The zero-order valence-corrected chi connectivity index (χ0v) is 7.94. The second-order valence-corrected chi connectivity index (χ2v) is 2.63. The molecule has 14 heavy (non-hydrogen) atoms. The molecule has 5 nitrogen and oxygen atoms in total. The van der Waals surface area contributed by atoms with Crippen molar-refractivity contribution in [3.63, 3.8) is 0 Å². The van der Waals surface area contributed by atoms with E-state index in [-0.39, 0.29) is 18.4 Å². The van der Waals surface area contributed by atoms with Gasteiger partial charge in [0, 0.05) is 12.1 Å². The summed E-state index contributed by atoms with van der Waals surface area (Å²) >= 11 is 5.20. The number of hydrogen-bond donors (Lipinski definition) is 0. The van der Waals surface area contributed by atoms with Crippen molar-refractivity contribution in [3.8, 4) is 0 Å². The summed E-state index contributed by atoms with van der Waals surface area (Å²) in [7, 11) is 0. The lowest BCUT2D eigenvalue weighted by atomic mass is 10.2. The van der Waals surface area contributed by atoms with Crippen LogP contribution in [0.3, 0.4) is 0 Å². The molecular formula is C8H8ClNO4. The number of halogens is 1. The molecule has 1 rings (SSSR count). The average Bonchev–Trinajstić information content (AvgIpc) is 2.19. The first kappa shape index (κ1) is 10.9. The van der Waals surface area contributed by atoms with Crippen LogP contribution in [0.2, 0.25) is 0 Å². The predicted molar refractivity (Wildman–Crippen MR) is 49.7 cm³/mol. The van der Waals surface area contributed by atoms with E-state index in [4.69, 9.17) is 11.6 Å². The van der Waals surface area contributed by atoms with Crippen molar-refractivity contribution in [2.24, 2.45) is 0 Å². The van der Waals surface area contributed by atoms with Crippen LogP contribution in [0.5, 0.6) is 0 Å². The second-order valence-electron chi connectivity index (χ2n) is 2.41. The van der Waals surface area contributed by atoms with Gasteiger partial charge in [-0.3, -0.25) is 10.1 Å². The van der Waals surface area contributed by atoms with Gasteiger partial charge in [-0.15, -0.1) is 0 Å². The van der Waals surface area contributed by atoms with E-state index in [1.165, 1.54) is 12.1 Å². The molecule has 1 aromatic carbocycles. The molecule has 76 valence electrons. The first-order valence-electron chi connectivity index (χ1n) is 3.77. The zero-order chi connectivity index (χ0) is 10.4. The molecule has 0 unspecified atom stereocenters. The van der Waals surface area contributed by atoms with Crippen LogP contribution in [0, 0.1) is 10.1 Å². The minimum absolute atomic E-state index is 0.0482. The molecule has 0 fully saturated rings. The maximum atomic E-state index is 10.3. The van der Waals surface area contributed by atoms with E-state index in [1.54, 1.807) is 12.1 Å². The number of nitrogens with zero attached hydrogens (tertiary/aromatic N) is 1. The molecule has 0 saturated heterocycles. The van der Waals surface area contributed by atoms with Gasteiger partial charge >= 0.3 is 0 Å². The lowest BCUT2D eigenvalue weighted by Gasteiger charge is -2.00. The second kappa shape index (κ2) is 5.54. The third kappa shape index (κ3) is 3.29. The molecule has 0 heterocycles. The van der Waals surface area contributed by atoms with Crippen molar-refractivity contribution in [1.82, 2.24) is 0 Å². The molecule has 1 aromatic rings. The summed E-state index contributed by atoms with van der Waals surface area (Å²) < 4.78 is 0. The van der Waals surface area contributed by atoms with Crippen molar-refractivity contribution in [2.75, 3.05) is 6.07 Å². The number of alkyl halides is 1. The van der Waals surface area contributed by atoms with E-state index in [1.807, 2.05) is 0 Å². The molecule has 0 aromatic heterocycles. The van der Waals surface area contributed by atoms with Gasteiger partial charge in [-0.05, 0) is 17.7 Å². The SMILES string of the molecule is O=[N+]([O-])c1ccc(COOCCl)cc1. The van der Waals surface area contributed by atoms with Crippen molar-refractivity contribution in [1.29, 1.82) is 0 Å². The van der Waals surface area contributed by atoms with Crippen molar-refractivity contribution in [2.45, 2.75) is 6.61 Å². The predicted octanol–water partition coefficient (Wildman–Crippen LogP) is 2.24. The highest BCUT2D eigenvalue weighted by molar-refractivity contribution is 6.17. The fraction of sp³-hybridized carbons (Fsp3) is 0.250. The van der Waals surface area contributed by atoms with Gasteiger partial charge < -0.3 is 0 Å². The number of nitro groups is 1. The van der Waals surface area contributed by atoms with Gasteiger partial charge in [-0.1, -0.05) is 11.6 Å². The third-order valence-electron chi connectivity index (χ3n) is 1.50. The summed E-state index contributed by atoms with van der Waals surface area (Å²) in [5.74, 6) is 0.